The van der Waals surface area contributed by atoms with Gasteiger partial charge in [-0.1, -0.05) is 35.3 Å². The number of para-hydroxylation sites is 2. The Labute approximate surface area is 173 Å². The molecule has 2 aromatic carbocycles. The van der Waals surface area contributed by atoms with Gasteiger partial charge in [0.15, 0.2) is 5.75 Å². The number of rotatable bonds is 4. The second-order valence-corrected chi connectivity index (χ2v) is 6.48. The maximum absolute atomic E-state index is 12.9. The molecule has 150 valence electrons. The zero-order chi connectivity index (χ0) is 21.3. The first-order valence-electron chi connectivity index (χ1n) is 8.14. The fourth-order valence-electron chi connectivity index (χ4n) is 2.64. The van der Waals surface area contributed by atoms with E-state index in [1.165, 1.54) is 30.3 Å². The first-order chi connectivity index (χ1) is 13.8. The Kier molecular flexibility index (Phi) is 5.57. The van der Waals surface area contributed by atoms with Crippen LogP contribution in [0.3, 0.4) is 0 Å². The van der Waals surface area contributed by atoms with E-state index in [-0.39, 0.29) is 28.0 Å². The molecule has 12 heteroatoms. The maximum Gasteiger partial charge on any atom is 0.377 e. The molecule has 1 amide bonds. The number of aromatic hydroxyl groups is 1. The van der Waals surface area contributed by atoms with Gasteiger partial charge < -0.3 is 10.2 Å². The lowest BCUT2D eigenvalue weighted by atomic mass is 10.1. The zero-order valence-electron chi connectivity index (χ0n) is 14.8. The number of halogens is 2. The summed E-state index contributed by atoms with van der Waals surface area (Å²) in [5, 5.41) is 26.9. The van der Waals surface area contributed by atoms with Crippen molar-refractivity contribution in [3.8, 4) is 11.4 Å². The first kappa shape index (κ1) is 20.4. The van der Waals surface area contributed by atoms with Crippen LogP contribution in [0.2, 0.25) is 10.0 Å². The summed E-state index contributed by atoms with van der Waals surface area (Å²) in [6.07, 6.45) is 0. The number of amides is 1. The van der Waals surface area contributed by atoms with Crippen molar-refractivity contribution in [2.45, 2.75) is 6.92 Å². The van der Waals surface area contributed by atoms with E-state index in [0.29, 0.717) is 4.68 Å². The number of carboxylic acid groups (broad SMARTS) is 1. The van der Waals surface area contributed by atoms with Crippen molar-refractivity contribution in [1.82, 2.24) is 19.8 Å². The monoisotopic (exact) mass is 437 g/mol. The van der Waals surface area contributed by atoms with Crippen molar-refractivity contribution in [3.05, 3.63) is 62.5 Å². The third-order valence-electron chi connectivity index (χ3n) is 3.99. The van der Waals surface area contributed by atoms with Gasteiger partial charge in [-0.05, 0) is 41.6 Å². The highest BCUT2D eigenvalue weighted by molar-refractivity contribution is 6.37. The van der Waals surface area contributed by atoms with Crippen molar-refractivity contribution in [1.29, 1.82) is 0 Å². The van der Waals surface area contributed by atoms with Crippen LogP contribution >= 0.6 is 23.2 Å². The largest absolute Gasteiger partial charge is 0.505 e. The molecule has 2 N–H and O–H groups in total. The number of aromatic carboxylic acids is 1. The molecule has 0 radical (unpaired) electrons. The van der Waals surface area contributed by atoms with Crippen molar-refractivity contribution in [2.24, 2.45) is 0 Å². The summed E-state index contributed by atoms with van der Waals surface area (Å²) in [6.45, 7) is 1.58. The van der Waals surface area contributed by atoms with Crippen LogP contribution in [-0.4, -0.2) is 48.5 Å². The minimum atomic E-state index is -1.37. The van der Waals surface area contributed by atoms with Crippen LogP contribution in [0.25, 0.3) is 5.69 Å². The van der Waals surface area contributed by atoms with Gasteiger partial charge >= 0.3 is 17.7 Å². The van der Waals surface area contributed by atoms with E-state index in [2.05, 4.69) is 10.4 Å². The van der Waals surface area contributed by atoms with Gasteiger partial charge in [0.1, 0.15) is 11.3 Å². The third-order valence-corrected chi connectivity index (χ3v) is 4.60. The molecule has 0 aliphatic carbocycles. The molecule has 10 nitrogen and oxygen atoms in total. The number of hydrogen-bond donors (Lipinski definition) is 2. The molecule has 3 rings (SSSR count). The summed E-state index contributed by atoms with van der Waals surface area (Å²) < 4.78 is 1.22. The van der Waals surface area contributed by atoms with E-state index < -0.39 is 29.0 Å². The molecular formula is C17H13Cl2N5O5. The number of aromatic nitrogens is 4. The minimum Gasteiger partial charge on any atom is -0.505 e. The molecule has 0 unspecified atom stereocenters. The van der Waals surface area contributed by atoms with Gasteiger partial charge in [-0.2, -0.15) is 4.68 Å². The van der Waals surface area contributed by atoms with Gasteiger partial charge in [0.25, 0.3) is 0 Å². The predicted molar refractivity (Wildman–Crippen MR) is 105 cm³/mol. The summed E-state index contributed by atoms with van der Waals surface area (Å²) in [7, 11) is 0. The van der Waals surface area contributed by atoms with E-state index >= 15 is 0 Å². The molecule has 0 spiro atoms. The fourth-order valence-corrected chi connectivity index (χ4v) is 3.20. The predicted octanol–water partition coefficient (Wildman–Crippen LogP) is 2.63. The van der Waals surface area contributed by atoms with Crippen molar-refractivity contribution < 1.29 is 19.8 Å². The highest BCUT2D eigenvalue weighted by Crippen LogP contribution is 2.31. The molecule has 0 saturated heterocycles. The van der Waals surface area contributed by atoms with Gasteiger partial charge in [0.05, 0.1) is 15.7 Å². The number of carboxylic acids is 1. The molecule has 0 atom stereocenters. The second-order valence-electron chi connectivity index (χ2n) is 5.66. The van der Waals surface area contributed by atoms with Crippen LogP contribution < -0.4 is 10.6 Å². The number of tetrazole rings is 1. The molecule has 0 bridgehead atoms. The summed E-state index contributed by atoms with van der Waals surface area (Å²) in [4.78, 5) is 37.8. The Hall–Kier alpha value is -3.37. The molecule has 0 fully saturated rings. The molecular weight excluding hydrogens is 425 g/mol. The second kappa shape index (κ2) is 7.94. The fraction of sp³-hybridized carbons (Fsp3) is 0.118. The minimum absolute atomic E-state index is 0.00160. The lowest BCUT2D eigenvalue weighted by molar-refractivity contribution is 0.0693. The van der Waals surface area contributed by atoms with Crippen LogP contribution in [0.4, 0.5) is 10.5 Å². The summed E-state index contributed by atoms with van der Waals surface area (Å²) >= 11 is 12.1. The molecule has 1 aromatic heterocycles. The first-order valence-corrected chi connectivity index (χ1v) is 8.90. The summed E-state index contributed by atoms with van der Waals surface area (Å²) in [5.74, 6) is -1.99. The maximum atomic E-state index is 12.9. The molecule has 29 heavy (non-hydrogen) atoms. The normalized spacial score (nSPS) is 10.7. The van der Waals surface area contributed by atoms with Crippen LogP contribution in [0.5, 0.6) is 5.75 Å². The Morgan fingerprint density at radius 1 is 1.10 bits per heavy atom. The zero-order valence-corrected chi connectivity index (χ0v) is 16.3. The highest BCUT2D eigenvalue weighted by atomic mass is 35.5. The van der Waals surface area contributed by atoms with E-state index in [1.807, 2.05) is 0 Å². The van der Waals surface area contributed by atoms with Gasteiger partial charge in [0.2, 0.25) is 0 Å². The third kappa shape index (κ3) is 3.55. The lowest BCUT2D eigenvalue weighted by Gasteiger charge is -2.21. The topological polar surface area (TPSA) is 131 Å². The number of phenols is 1. The Bertz CT molecular complexity index is 1150. The van der Waals surface area contributed by atoms with Crippen molar-refractivity contribution in [3.63, 3.8) is 0 Å². The number of carbonyl (C=O) groups excluding carboxylic acids is 1. The van der Waals surface area contributed by atoms with Crippen molar-refractivity contribution in [2.75, 3.05) is 11.4 Å². The van der Waals surface area contributed by atoms with E-state index in [0.717, 1.165) is 9.58 Å². The van der Waals surface area contributed by atoms with Gasteiger partial charge in [-0.15, -0.1) is 4.68 Å². The lowest BCUT2D eigenvalue weighted by Crippen LogP contribution is -2.41. The number of nitrogens with zero attached hydrogens (tertiary/aromatic N) is 5. The van der Waals surface area contributed by atoms with Crippen LogP contribution in [-0.2, 0) is 0 Å². The van der Waals surface area contributed by atoms with Crippen LogP contribution in [0.1, 0.15) is 17.3 Å². The van der Waals surface area contributed by atoms with Gasteiger partial charge in [0, 0.05) is 6.54 Å². The Morgan fingerprint density at radius 2 is 1.72 bits per heavy atom. The van der Waals surface area contributed by atoms with Gasteiger partial charge in [-0.3, -0.25) is 4.90 Å². The highest BCUT2D eigenvalue weighted by Gasteiger charge is 2.26. The Balaban J connectivity index is 2.08. The quantitative estimate of drug-likeness (QED) is 0.599. The number of anilines is 1. The van der Waals surface area contributed by atoms with Crippen LogP contribution in [0, 0.1) is 0 Å². The van der Waals surface area contributed by atoms with E-state index in [1.54, 1.807) is 13.0 Å². The van der Waals surface area contributed by atoms with Crippen LogP contribution in [0.15, 0.2) is 41.2 Å². The number of benzene rings is 2. The molecule has 0 aliphatic heterocycles. The van der Waals surface area contributed by atoms with E-state index in [9.17, 15) is 19.5 Å². The SMILES string of the molecule is CCN(C(=O)n1nnn(-c2c(Cl)cccc2Cl)c1=O)c1cccc(C(=O)O)c1O. The smallest absolute Gasteiger partial charge is 0.377 e. The summed E-state index contributed by atoms with van der Waals surface area (Å²) in [5.41, 5.74) is -1.39. The Morgan fingerprint density at radius 3 is 2.31 bits per heavy atom. The number of carbonyl (C=O) groups is 2. The van der Waals surface area contributed by atoms with E-state index in [4.69, 9.17) is 28.3 Å². The van der Waals surface area contributed by atoms with Gasteiger partial charge in [-0.25, -0.2) is 14.4 Å². The molecule has 1 heterocycles. The average Bonchev–Trinajstić information content (AvgIpc) is 3.04. The van der Waals surface area contributed by atoms with Crippen molar-refractivity contribution >= 4 is 40.9 Å². The number of hydrogen-bond acceptors (Lipinski definition) is 6. The molecule has 3 aromatic rings. The standard InChI is InChI=1S/C17H13Cl2N5O5/c1-2-22(12-8-3-5-9(14(12)25)15(26)27)16(28)24-17(29)23(20-21-24)13-10(18)6-4-7-11(13)19/h3-8,25H,2H2,1H3,(H,26,27). The molecule has 0 aliphatic rings. The average molecular weight is 438 g/mol. The molecule has 0 saturated carbocycles. The summed E-state index contributed by atoms with van der Waals surface area (Å²) in [6, 6.07) is 7.48.